The third-order valence-corrected chi connectivity index (χ3v) is 3.25. The van der Waals surface area contributed by atoms with Gasteiger partial charge in [-0.15, -0.1) is 0 Å². The number of hydrogen-bond donors (Lipinski definition) is 2. The Hall–Kier alpha value is -2.21. The van der Waals surface area contributed by atoms with Crippen LogP contribution < -0.4 is 10.6 Å². The summed E-state index contributed by atoms with van der Waals surface area (Å²) in [6.07, 6.45) is 1.91. The summed E-state index contributed by atoms with van der Waals surface area (Å²) in [6, 6.07) is 7.24. The molecule has 6 heteroatoms. The Bertz CT molecular complexity index is 678. The Balaban J connectivity index is 2.06. The van der Waals surface area contributed by atoms with Gasteiger partial charge >= 0.3 is 0 Å². The molecule has 0 radical (unpaired) electrons. The first kappa shape index (κ1) is 15.2. The average Bonchev–Trinajstić information content (AvgIpc) is 2.79. The van der Waals surface area contributed by atoms with Crippen LogP contribution in [-0.4, -0.2) is 20.7 Å². The Labute approximate surface area is 129 Å². The van der Waals surface area contributed by atoms with Crippen molar-refractivity contribution in [2.24, 2.45) is 0 Å². The SMILES string of the molecule is CCn1cc(NC(=S)Nc2cccc(C(C)=O)c2)c(C)n1. The lowest BCUT2D eigenvalue weighted by Gasteiger charge is -2.10. The lowest BCUT2D eigenvalue weighted by atomic mass is 10.1. The maximum absolute atomic E-state index is 11.4. The van der Waals surface area contributed by atoms with Gasteiger partial charge in [0.2, 0.25) is 0 Å². The first-order valence-electron chi connectivity index (χ1n) is 6.72. The zero-order valence-electron chi connectivity index (χ0n) is 12.3. The number of benzene rings is 1. The molecule has 0 bridgehead atoms. The second-order valence-electron chi connectivity index (χ2n) is 4.70. The summed E-state index contributed by atoms with van der Waals surface area (Å²) < 4.78 is 1.84. The highest BCUT2D eigenvalue weighted by Gasteiger charge is 2.07. The topological polar surface area (TPSA) is 59.0 Å². The zero-order chi connectivity index (χ0) is 15.4. The molecule has 1 heterocycles. The Morgan fingerprint density at radius 3 is 2.76 bits per heavy atom. The van der Waals surface area contributed by atoms with E-state index in [1.54, 1.807) is 12.1 Å². The standard InChI is InChI=1S/C15H18N4OS/c1-4-19-9-14(10(2)18-19)17-15(21)16-13-7-5-6-12(8-13)11(3)20/h5-9H,4H2,1-3H3,(H2,16,17,21). The predicted molar refractivity (Wildman–Crippen MR) is 88.9 cm³/mol. The fraction of sp³-hybridized carbons (Fsp3) is 0.267. The number of thiocarbonyl (C=S) groups is 1. The maximum atomic E-state index is 11.4. The number of nitrogens with one attached hydrogen (secondary N) is 2. The van der Waals surface area contributed by atoms with Gasteiger partial charge in [0.1, 0.15) is 0 Å². The van der Waals surface area contributed by atoms with Crippen molar-refractivity contribution in [2.45, 2.75) is 27.3 Å². The van der Waals surface area contributed by atoms with E-state index in [0.29, 0.717) is 10.7 Å². The van der Waals surface area contributed by atoms with Crippen molar-refractivity contribution in [2.75, 3.05) is 10.6 Å². The van der Waals surface area contributed by atoms with Crippen molar-refractivity contribution in [3.63, 3.8) is 0 Å². The summed E-state index contributed by atoms with van der Waals surface area (Å²) in [5.41, 5.74) is 3.19. The summed E-state index contributed by atoms with van der Waals surface area (Å²) >= 11 is 5.29. The lowest BCUT2D eigenvalue weighted by molar-refractivity contribution is 0.101. The van der Waals surface area contributed by atoms with Crippen molar-refractivity contribution in [3.05, 3.63) is 41.7 Å². The molecule has 2 N–H and O–H groups in total. The predicted octanol–water partition coefficient (Wildman–Crippen LogP) is 3.22. The highest BCUT2D eigenvalue weighted by Crippen LogP contribution is 2.15. The van der Waals surface area contributed by atoms with Crippen LogP contribution in [0.2, 0.25) is 0 Å². The number of aryl methyl sites for hydroxylation is 2. The summed E-state index contributed by atoms with van der Waals surface area (Å²) in [7, 11) is 0. The molecule has 0 saturated heterocycles. The van der Waals surface area contributed by atoms with Crippen molar-refractivity contribution in [3.8, 4) is 0 Å². The minimum Gasteiger partial charge on any atom is -0.332 e. The van der Waals surface area contributed by atoms with E-state index in [1.807, 2.05) is 36.9 Å². The molecule has 0 spiro atoms. The molecule has 0 fully saturated rings. The average molecular weight is 302 g/mol. The van der Waals surface area contributed by atoms with Crippen molar-refractivity contribution in [1.29, 1.82) is 0 Å². The molecule has 110 valence electrons. The molecule has 21 heavy (non-hydrogen) atoms. The largest absolute Gasteiger partial charge is 0.332 e. The van der Waals surface area contributed by atoms with E-state index in [2.05, 4.69) is 15.7 Å². The number of anilines is 2. The first-order valence-corrected chi connectivity index (χ1v) is 7.13. The van der Waals surface area contributed by atoms with Crippen LogP contribution in [0.4, 0.5) is 11.4 Å². The molecule has 2 rings (SSSR count). The zero-order valence-corrected chi connectivity index (χ0v) is 13.1. The molecule has 0 saturated carbocycles. The number of hydrogen-bond acceptors (Lipinski definition) is 3. The summed E-state index contributed by atoms with van der Waals surface area (Å²) in [5.74, 6) is 0.0256. The quantitative estimate of drug-likeness (QED) is 0.671. The molecule has 0 amide bonds. The molecule has 2 aromatic rings. The molecule has 0 aliphatic heterocycles. The molecule has 0 unspecified atom stereocenters. The smallest absolute Gasteiger partial charge is 0.175 e. The van der Waals surface area contributed by atoms with Gasteiger partial charge in [0.25, 0.3) is 0 Å². The molecule has 0 atom stereocenters. The van der Waals surface area contributed by atoms with E-state index in [-0.39, 0.29) is 5.78 Å². The molecular formula is C15H18N4OS. The third-order valence-electron chi connectivity index (χ3n) is 3.05. The normalized spacial score (nSPS) is 10.2. The molecule has 1 aromatic heterocycles. The molecule has 0 aliphatic rings. The van der Waals surface area contributed by atoms with Gasteiger partial charge in [-0.3, -0.25) is 9.48 Å². The van der Waals surface area contributed by atoms with E-state index in [9.17, 15) is 4.79 Å². The summed E-state index contributed by atoms with van der Waals surface area (Å²) in [6.45, 7) is 6.30. The minimum atomic E-state index is 0.0256. The van der Waals surface area contributed by atoms with Crippen molar-refractivity contribution < 1.29 is 4.79 Å². The number of carbonyl (C=O) groups excluding carboxylic acids is 1. The van der Waals surface area contributed by atoms with E-state index in [0.717, 1.165) is 23.6 Å². The fourth-order valence-electron chi connectivity index (χ4n) is 1.90. The second-order valence-corrected chi connectivity index (χ2v) is 5.11. The number of ketones is 1. The molecule has 5 nitrogen and oxygen atoms in total. The van der Waals surface area contributed by atoms with Crippen LogP contribution in [0.25, 0.3) is 0 Å². The van der Waals surface area contributed by atoms with Gasteiger partial charge in [0.15, 0.2) is 10.9 Å². The van der Waals surface area contributed by atoms with E-state index >= 15 is 0 Å². The third kappa shape index (κ3) is 3.88. The van der Waals surface area contributed by atoms with E-state index in [1.165, 1.54) is 6.92 Å². The van der Waals surface area contributed by atoms with Gasteiger partial charge in [-0.05, 0) is 45.1 Å². The van der Waals surface area contributed by atoms with Gasteiger partial charge < -0.3 is 10.6 Å². The Morgan fingerprint density at radius 2 is 2.14 bits per heavy atom. The molecule has 1 aromatic carbocycles. The first-order chi connectivity index (χ1) is 9.99. The van der Waals surface area contributed by atoms with Gasteiger partial charge in [0.05, 0.1) is 11.4 Å². The Kier molecular flexibility index (Phi) is 4.70. The van der Waals surface area contributed by atoms with Crippen LogP contribution in [0.15, 0.2) is 30.5 Å². The minimum absolute atomic E-state index is 0.0256. The number of Topliss-reactive ketones (excluding diaryl/α,β-unsaturated/α-hetero) is 1. The van der Waals surface area contributed by atoms with Gasteiger partial charge in [-0.25, -0.2) is 0 Å². The van der Waals surface area contributed by atoms with E-state index < -0.39 is 0 Å². The lowest BCUT2D eigenvalue weighted by Crippen LogP contribution is -2.19. The second kappa shape index (κ2) is 6.49. The van der Waals surface area contributed by atoms with Crippen molar-refractivity contribution in [1.82, 2.24) is 9.78 Å². The number of aromatic nitrogens is 2. The van der Waals surface area contributed by atoms with Crippen LogP contribution in [0.5, 0.6) is 0 Å². The summed E-state index contributed by atoms with van der Waals surface area (Å²) in [5, 5.41) is 11.0. The summed E-state index contributed by atoms with van der Waals surface area (Å²) in [4.78, 5) is 11.4. The van der Waals surface area contributed by atoms with E-state index in [4.69, 9.17) is 12.2 Å². The molecular weight excluding hydrogens is 284 g/mol. The number of rotatable bonds is 4. The number of nitrogens with zero attached hydrogens (tertiary/aromatic N) is 2. The highest BCUT2D eigenvalue weighted by atomic mass is 32.1. The van der Waals surface area contributed by atoms with Crippen LogP contribution in [0.3, 0.4) is 0 Å². The number of carbonyl (C=O) groups is 1. The van der Waals surface area contributed by atoms with Gasteiger partial charge in [0, 0.05) is 24.0 Å². The van der Waals surface area contributed by atoms with Crippen LogP contribution in [-0.2, 0) is 6.54 Å². The Morgan fingerprint density at radius 1 is 1.38 bits per heavy atom. The van der Waals surface area contributed by atoms with Gasteiger partial charge in [-0.1, -0.05) is 12.1 Å². The fourth-order valence-corrected chi connectivity index (χ4v) is 2.13. The highest BCUT2D eigenvalue weighted by molar-refractivity contribution is 7.80. The van der Waals surface area contributed by atoms with Gasteiger partial charge in [-0.2, -0.15) is 5.10 Å². The van der Waals surface area contributed by atoms with Crippen LogP contribution in [0.1, 0.15) is 29.9 Å². The molecule has 0 aliphatic carbocycles. The van der Waals surface area contributed by atoms with Crippen LogP contribution in [0, 0.1) is 6.92 Å². The van der Waals surface area contributed by atoms with Crippen LogP contribution >= 0.6 is 12.2 Å². The maximum Gasteiger partial charge on any atom is 0.175 e. The monoisotopic (exact) mass is 302 g/mol. The van der Waals surface area contributed by atoms with Crippen molar-refractivity contribution >= 4 is 34.5 Å².